The zero-order chi connectivity index (χ0) is 55.1. The molecule has 17 fully saturated rings. The highest BCUT2D eigenvalue weighted by Gasteiger charge is 2.70. The van der Waals surface area contributed by atoms with Gasteiger partial charge in [-0.3, -0.25) is 4.79 Å². The van der Waals surface area contributed by atoms with Crippen LogP contribution in [0.5, 0.6) is 0 Å². The Morgan fingerprint density at radius 2 is 1.10 bits per heavy atom. The summed E-state index contributed by atoms with van der Waals surface area (Å²) in [6, 6.07) is 0. The van der Waals surface area contributed by atoms with Crippen molar-refractivity contribution >= 4 is 5.97 Å². The number of hydrogen-bond acceptors (Lipinski definition) is 19. The molecule has 0 aromatic carbocycles. The first-order valence-corrected chi connectivity index (χ1v) is 31.8. The van der Waals surface area contributed by atoms with Gasteiger partial charge in [-0.05, 0) is 73.8 Å². The van der Waals surface area contributed by atoms with Crippen molar-refractivity contribution in [2.24, 2.45) is 23.7 Å². The standard InChI is InChI=1S/C62H88O19/c1-28-15-34-7-9-37-29(2)16-36(66-37)11-12-60-25-47-55(80-60)56-57(73-47)58(81-60)54-38(70-56)10-8-35(68-54)17-49(65)74-53-33(6)52-43(69-42(53)18-39(67-34)32(28)5)19-41-46(72-52)24-62(76-41)26-48-51(79-62)31(4)22-61(78-48)21-30(3)50-44(77-61)20-40-45(71-50)23-59(27-64,75-40)13-14-63/h28,30-31,33-48,50-58,63-64H,2,5,7-27H2,1,3-4,6H3. The molecule has 17 aliphatic heterocycles. The van der Waals surface area contributed by atoms with E-state index < -0.39 is 53.5 Å². The van der Waals surface area contributed by atoms with Crippen molar-refractivity contribution in [3.8, 4) is 0 Å². The molecule has 0 amide bonds. The molecule has 19 nitrogen and oxygen atoms in total. The van der Waals surface area contributed by atoms with Crippen LogP contribution in [-0.4, -0.2) is 199 Å². The van der Waals surface area contributed by atoms with E-state index in [1.165, 1.54) is 0 Å². The van der Waals surface area contributed by atoms with E-state index in [2.05, 4.69) is 40.9 Å². The molecule has 2 N–H and O–H groups in total. The van der Waals surface area contributed by atoms with E-state index in [1.54, 1.807) is 0 Å². The fourth-order valence-corrected chi connectivity index (χ4v) is 19.2. The Labute approximate surface area is 475 Å². The second-order valence-electron chi connectivity index (χ2n) is 28.6. The molecule has 32 unspecified atom stereocenters. The summed E-state index contributed by atoms with van der Waals surface area (Å²) >= 11 is 0. The fraction of sp³-hybridized carbons (Fsp3) is 0.919. The van der Waals surface area contributed by atoms with Gasteiger partial charge in [0.05, 0.1) is 129 Å². The van der Waals surface area contributed by atoms with Crippen molar-refractivity contribution in [2.45, 2.75) is 319 Å². The third-order valence-corrected chi connectivity index (χ3v) is 23.0. The van der Waals surface area contributed by atoms with Crippen LogP contribution < -0.4 is 0 Å². The molecular weight excluding hydrogens is 1050 g/mol. The van der Waals surface area contributed by atoms with Crippen molar-refractivity contribution < 1.29 is 90.8 Å². The van der Waals surface area contributed by atoms with E-state index >= 15 is 0 Å². The molecule has 3 spiro atoms. The maximum absolute atomic E-state index is 14.6. The van der Waals surface area contributed by atoms with E-state index in [1.807, 2.05) is 0 Å². The van der Waals surface area contributed by atoms with E-state index in [4.69, 9.17) is 75.8 Å². The summed E-state index contributed by atoms with van der Waals surface area (Å²) in [6.07, 6.45) is 5.74. The van der Waals surface area contributed by atoms with Crippen LogP contribution in [0.15, 0.2) is 24.3 Å². The van der Waals surface area contributed by atoms with E-state index in [9.17, 15) is 15.0 Å². The Hall–Kier alpha value is -1.73. The highest BCUT2D eigenvalue weighted by Crippen LogP contribution is 2.58. The number of rotatable bonds is 3. The van der Waals surface area contributed by atoms with Crippen LogP contribution >= 0.6 is 0 Å². The van der Waals surface area contributed by atoms with Crippen LogP contribution in [0.4, 0.5) is 0 Å². The van der Waals surface area contributed by atoms with Gasteiger partial charge in [-0.25, -0.2) is 0 Å². The number of aliphatic hydroxyl groups excluding tert-OH is 2. The zero-order valence-electron chi connectivity index (χ0n) is 47.8. The Bertz CT molecular complexity index is 2450. The summed E-state index contributed by atoms with van der Waals surface area (Å²) in [5.74, 6) is -2.62. The fourth-order valence-electron chi connectivity index (χ4n) is 19.2. The summed E-state index contributed by atoms with van der Waals surface area (Å²) in [4.78, 5) is 14.6. The van der Waals surface area contributed by atoms with Gasteiger partial charge < -0.3 is 86.0 Å². The van der Waals surface area contributed by atoms with Crippen molar-refractivity contribution in [3.05, 3.63) is 24.3 Å². The summed E-state index contributed by atoms with van der Waals surface area (Å²) < 4.78 is 111. The lowest BCUT2D eigenvalue weighted by Gasteiger charge is -2.54. The molecule has 0 aromatic heterocycles. The van der Waals surface area contributed by atoms with Gasteiger partial charge in [0.25, 0.3) is 0 Å². The highest BCUT2D eigenvalue weighted by molar-refractivity contribution is 5.70. The minimum atomic E-state index is -0.910. The second kappa shape index (κ2) is 20.2. The molecule has 17 aliphatic rings. The third-order valence-electron chi connectivity index (χ3n) is 23.0. The average Bonchev–Trinajstić information content (AvgIpc) is 4.39. The monoisotopic (exact) mass is 1140 g/mol. The predicted octanol–water partition coefficient (Wildman–Crippen LogP) is 5.72. The summed E-state index contributed by atoms with van der Waals surface area (Å²) in [5.41, 5.74) is 1.36. The molecule has 0 saturated carbocycles. The Morgan fingerprint density at radius 1 is 0.457 bits per heavy atom. The van der Waals surface area contributed by atoms with Crippen molar-refractivity contribution in [3.63, 3.8) is 0 Å². The Morgan fingerprint density at radius 3 is 1.95 bits per heavy atom. The molecule has 0 aliphatic carbocycles. The van der Waals surface area contributed by atoms with Crippen LogP contribution in [-0.2, 0) is 80.6 Å². The third kappa shape index (κ3) is 9.22. The first-order chi connectivity index (χ1) is 39.0. The lowest BCUT2D eigenvalue weighted by molar-refractivity contribution is -0.369. The molecule has 19 heteroatoms. The lowest BCUT2D eigenvalue weighted by atomic mass is 9.78. The number of aliphatic hydroxyl groups is 2. The minimum absolute atomic E-state index is 0.0145. The quantitative estimate of drug-likeness (QED) is 0.256. The van der Waals surface area contributed by atoms with Crippen LogP contribution in [0.25, 0.3) is 0 Å². The van der Waals surface area contributed by atoms with E-state index in [0.717, 1.165) is 49.7 Å². The largest absolute Gasteiger partial charge is 0.459 e. The van der Waals surface area contributed by atoms with Crippen LogP contribution in [0, 0.1) is 23.7 Å². The van der Waals surface area contributed by atoms with Gasteiger partial charge >= 0.3 is 5.97 Å². The smallest absolute Gasteiger partial charge is 0.308 e. The molecule has 0 radical (unpaired) electrons. The predicted molar refractivity (Wildman–Crippen MR) is 281 cm³/mol. The van der Waals surface area contributed by atoms with Crippen molar-refractivity contribution in [1.29, 1.82) is 0 Å². The normalized spacial score (nSPS) is 58.9. The maximum Gasteiger partial charge on any atom is 0.308 e. The van der Waals surface area contributed by atoms with Crippen LogP contribution in [0.1, 0.15) is 150 Å². The lowest BCUT2D eigenvalue weighted by Crippen LogP contribution is -2.62. The van der Waals surface area contributed by atoms with Crippen molar-refractivity contribution in [1.82, 2.24) is 0 Å². The summed E-state index contributed by atoms with van der Waals surface area (Å²) in [6.45, 7) is 17.7. The molecule has 81 heavy (non-hydrogen) atoms. The molecule has 17 heterocycles. The van der Waals surface area contributed by atoms with Crippen LogP contribution in [0.2, 0.25) is 0 Å². The number of fused-ring (bicyclic) bond motifs is 11. The molecule has 17 saturated heterocycles. The first kappa shape index (κ1) is 54.6. The van der Waals surface area contributed by atoms with Gasteiger partial charge in [0.1, 0.15) is 36.6 Å². The Kier molecular flexibility index (Phi) is 13.6. The van der Waals surface area contributed by atoms with Crippen molar-refractivity contribution in [2.75, 3.05) is 13.2 Å². The zero-order valence-corrected chi connectivity index (χ0v) is 47.8. The van der Waals surface area contributed by atoms with Gasteiger partial charge in [-0.2, -0.15) is 0 Å². The SMILES string of the molecule is C=C1CC2CCC34CC5OC6C(OC7CCC(CC(=O)OC8C(CC9OC(CCC1O2)CC(C)C9=C)OC1CC2OC9(CC2OC1C8C)CC1OC2(CC(C)C8OC%10CC(CO)(CCO)OC%10CC8O2)CC(C)C1O9)OC7C6O3)C5O4. The second-order valence-corrected chi connectivity index (χ2v) is 28.6. The van der Waals surface area contributed by atoms with E-state index in [-0.39, 0.29) is 165 Å². The molecule has 17 rings (SSSR count). The van der Waals surface area contributed by atoms with Gasteiger partial charge in [-0.1, -0.05) is 40.9 Å². The average molecular weight is 1140 g/mol. The number of hydrogen-bond donors (Lipinski definition) is 2. The molecule has 32 atom stereocenters. The van der Waals surface area contributed by atoms with Crippen LogP contribution in [0.3, 0.4) is 0 Å². The van der Waals surface area contributed by atoms with Gasteiger partial charge in [0.2, 0.25) is 0 Å². The maximum atomic E-state index is 14.6. The number of esters is 1. The molecule has 12 bridgehead atoms. The summed E-state index contributed by atoms with van der Waals surface area (Å²) in [7, 11) is 0. The molecule has 450 valence electrons. The first-order valence-electron chi connectivity index (χ1n) is 31.8. The Balaban J connectivity index is 0.627. The molecular formula is C62H88O19. The van der Waals surface area contributed by atoms with Gasteiger partial charge in [0.15, 0.2) is 17.4 Å². The number of ether oxygens (including phenoxy) is 16. The topological polar surface area (TPSA) is 205 Å². The highest BCUT2D eigenvalue weighted by atomic mass is 16.8. The van der Waals surface area contributed by atoms with Gasteiger partial charge in [0, 0.05) is 83.2 Å². The van der Waals surface area contributed by atoms with Gasteiger partial charge in [-0.15, -0.1) is 0 Å². The molecule has 0 aromatic rings. The number of carbonyl (C=O) groups is 1. The minimum Gasteiger partial charge on any atom is -0.459 e. The summed E-state index contributed by atoms with van der Waals surface area (Å²) in [5, 5.41) is 20.1. The van der Waals surface area contributed by atoms with E-state index in [0.29, 0.717) is 77.0 Å². The number of carbonyl (C=O) groups excluding carboxylic acids is 1.